The van der Waals surface area contributed by atoms with E-state index in [0.29, 0.717) is 16.1 Å². The van der Waals surface area contributed by atoms with Crippen molar-refractivity contribution in [3.05, 3.63) is 21.7 Å². The van der Waals surface area contributed by atoms with Gasteiger partial charge in [-0.1, -0.05) is 39.9 Å². The van der Waals surface area contributed by atoms with Gasteiger partial charge < -0.3 is 9.72 Å². The van der Waals surface area contributed by atoms with Gasteiger partial charge in [0.15, 0.2) is 0 Å². The van der Waals surface area contributed by atoms with Crippen molar-refractivity contribution in [1.82, 2.24) is 9.97 Å². The molecule has 0 atom stereocenters. The molecular weight excluding hydrogens is 260 g/mol. The Kier molecular flexibility index (Phi) is 3.08. The van der Waals surface area contributed by atoms with E-state index in [0.717, 1.165) is 11.5 Å². The fraction of sp³-hybridized carbons (Fsp3) is 0.643. The number of ether oxygens (including phenoxy) is 1. The second-order valence-electron chi connectivity index (χ2n) is 6.30. The number of hydrogen-bond donors (Lipinski definition) is 1. The van der Waals surface area contributed by atoms with Crippen molar-refractivity contribution in [1.29, 1.82) is 0 Å². The van der Waals surface area contributed by atoms with Crippen LogP contribution in [0.4, 0.5) is 0 Å². The zero-order valence-electron chi connectivity index (χ0n) is 12.2. The molecule has 1 aliphatic carbocycles. The van der Waals surface area contributed by atoms with Gasteiger partial charge in [-0.15, -0.1) is 0 Å². The highest BCUT2D eigenvalue weighted by Crippen LogP contribution is 2.72. The van der Waals surface area contributed by atoms with Crippen molar-refractivity contribution in [3.63, 3.8) is 0 Å². The molecule has 1 aliphatic rings. The van der Waals surface area contributed by atoms with Crippen LogP contribution in [0.1, 0.15) is 55.5 Å². The van der Waals surface area contributed by atoms with E-state index in [-0.39, 0.29) is 10.8 Å². The van der Waals surface area contributed by atoms with Crippen molar-refractivity contribution in [2.45, 2.75) is 40.5 Å². The van der Waals surface area contributed by atoms with Gasteiger partial charge in [-0.25, -0.2) is 9.78 Å². The van der Waals surface area contributed by atoms with Crippen LogP contribution in [-0.2, 0) is 4.74 Å². The van der Waals surface area contributed by atoms with Gasteiger partial charge in [-0.2, -0.15) is 0 Å². The van der Waals surface area contributed by atoms with Crippen LogP contribution < -0.4 is 0 Å². The van der Waals surface area contributed by atoms with Gasteiger partial charge in [0.2, 0.25) is 0 Å². The highest BCUT2D eigenvalue weighted by molar-refractivity contribution is 7.71. The summed E-state index contributed by atoms with van der Waals surface area (Å²) in [5, 5.41) is 0. The third-order valence-corrected chi connectivity index (χ3v) is 5.11. The van der Waals surface area contributed by atoms with Crippen molar-refractivity contribution in [3.8, 4) is 0 Å². The molecule has 1 N–H and O–H groups in total. The Bertz CT molecular complexity index is 588. The quantitative estimate of drug-likeness (QED) is 0.666. The lowest BCUT2D eigenvalue weighted by molar-refractivity contribution is 0.0598. The summed E-state index contributed by atoms with van der Waals surface area (Å²) in [5.41, 5.74) is 1.44. The average Bonchev–Trinajstić information content (AvgIpc) is 2.67. The van der Waals surface area contributed by atoms with E-state index >= 15 is 0 Å². The summed E-state index contributed by atoms with van der Waals surface area (Å²) in [6.07, 6.45) is 0. The first-order chi connectivity index (χ1) is 8.64. The summed E-state index contributed by atoms with van der Waals surface area (Å²) in [6, 6.07) is 0. The van der Waals surface area contributed by atoms with Gasteiger partial charge in [0.1, 0.15) is 16.0 Å². The number of aromatic amines is 1. The summed E-state index contributed by atoms with van der Waals surface area (Å²) >= 11 is 5.23. The molecule has 0 saturated heterocycles. The summed E-state index contributed by atoms with van der Waals surface area (Å²) < 4.78 is 5.05. The smallest absolute Gasteiger partial charge is 0.342 e. The van der Waals surface area contributed by atoms with E-state index in [2.05, 4.69) is 37.7 Å². The van der Waals surface area contributed by atoms with E-state index in [1.807, 2.05) is 6.92 Å². The molecule has 1 aromatic rings. The molecule has 104 valence electrons. The predicted octanol–water partition coefficient (Wildman–Crippen LogP) is 3.38. The summed E-state index contributed by atoms with van der Waals surface area (Å²) in [6.45, 7) is 10.7. The Balaban J connectivity index is 2.49. The lowest BCUT2D eigenvalue weighted by Gasteiger charge is -2.08. The molecule has 1 saturated carbocycles. The number of nitrogens with one attached hydrogen (secondary N) is 1. The van der Waals surface area contributed by atoms with Crippen LogP contribution in [-0.4, -0.2) is 23.0 Å². The zero-order chi connectivity index (χ0) is 14.6. The maximum Gasteiger partial charge on any atom is 0.342 e. The number of methoxy groups -OCH3 is 1. The number of aryl methyl sites for hydroxylation is 1. The lowest BCUT2D eigenvalue weighted by atomic mass is 10.0. The monoisotopic (exact) mass is 280 g/mol. The third-order valence-electron chi connectivity index (χ3n) is 4.81. The summed E-state index contributed by atoms with van der Waals surface area (Å²) in [4.78, 5) is 19.3. The van der Waals surface area contributed by atoms with Gasteiger partial charge in [0.25, 0.3) is 0 Å². The topological polar surface area (TPSA) is 55.0 Å². The van der Waals surface area contributed by atoms with Crippen molar-refractivity contribution < 1.29 is 9.53 Å². The highest BCUT2D eigenvalue weighted by Gasteiger charge is 2.66. The zero-order valence-corrected chi connectivity index (χ0v) is 13.1. The summed E-state index contributed by atoms with van der Waals surface area (Å²) in [7, 11) is 1.34. The first-order valence-corrected chi connectivity index (χ1v) is 6.74. The molecule has 0 radical (unpaired) electrons. The molecule has 0 unspecified atom stereocenters. The summed E-state index contributed by atoms with van der Waals surface area (Å²) in [5.74, 6) is 0.754. The van der Waals surface area contributed by atoms with Crippen LogP contribution in [0.5, 0.6) is 0 Å². The van der Waals surface area contributed by atoms with Crippen LogP contribution in [0.2, 0.25) is 0 Å². The van der Waals surface area contributed by atoms with Gasteiger partial charge in [0.05, 0.1) is 7.11 Å². The van der Waals surface area contributed by atoms with Crippen molar-refractivity contribution in [2.75, 3.05) is 7.11 Å². The number of rotatable bonds is 2. The second-order valence-corrected chi connectivity index (χ2v) is 6.68. The fourth-order valence-electron chi connectivity index (χ4n) is 2.97. The molecule has 2 rings (SSSR count). The lowest BCUT2D eigenvalue weighted by Crippen LogP contribution is -2.10. The molecule has 0 aliphatic heterocycles. The van der Waals surface area contributed by atoms with E-state index in [4.69, 9.17) is 17.0 Å². The Labute approximate surface area is 118 Å². The predicted molar refractivity (Wildman–Crippen MR) is 75.8 cm³/mol. The highest BCUT2D eigenvalue weighted by atomic mass is 32.1. The van der Waals surface area contributed by atoms with Crippen LogP contribution in [0.3, 0.4) is 0 Å². The average molecular weight is 280 g/mol. The number of carbonyl (C=O) groups excluding carboxylic acids is 1. The SMILES string of the molecule is COC(=O)c1c(C)[nH]c(C2C(C)(C)C2(C)C)nc1=S. The number of H-pyrrole nitrogens is 1. The van der Waals surface area contributed by atoms with Crippen LogP contribution >= 0.6 is 12.2 Å². The molecule has 4 nitrogen and oxygen atoms in total. The first-order valence-electron chi connectivity index (χ1n) is 6.33. The molecule has 0 bridgehead atoms. The first kappa shape index (κ1) is 14.2. The molecule has 19 heavy (non-hydrogen) atoms. The second kappa shape index (κ2) is 4.13. The van der Waals surface area contributed by atoms with E-state index < -0.39 is 5.97 Å². The molecule has 0 amide bonds. The minimum Gasteiger partial charge on any atom is -0.465 e. The molecule has 0 spiro atoms. The van der Waals surface area contributed by atoms with Crippen molar-refractivity contribution >= 4 is 18.2 Å². The molecule has 5 heteroatoms. The largest absolute Gasteiger partial charge is 0.465 e. The number of aromatic nitrogens is 2. The minimum atomic E-state index is -0.438. The van der Waals surface area contributed by atoms with Crippen molar-refractivity contribution in [2.24, 2.45) is 10.8 Å². The van der Waals surface area contributed by atoms with Gasteiger partial charge in [-0.05, 0) is 17.8 Å². The minimum absolute atomic E-state index is 0.178. The van der Waals surface area contributed by atoms with E-state index in [1.54, 1.807) is 0 Å². The number of hydrogen-bond acceptors (Lipinski definition) is 4. The normalized spacial score (nSPS) is 20.1. The molecule has 1 fully saturated rings. The molecular formula is C14H20N2O2S. The molecule has 0 aromatic carbocycles. The van der Waals surface area contributed by atoms with Crippen LogP contribution in [0.15, 0.2) is 0 Å². The van der Waals surface area contributed by atoms with Crippen LogP contribution in [0.25, 0.3) is 0 Å². The Morgan fingerprint density at radius 1 is 1.32 bits per heavy atom. The maximum absolute atomic E-state index is 11.7. The third kappa shape index (κ3) is 1.91. The van der Waals surface area contributed by atoms with Gasteiger partial charge >= 0.3 is 5.97 Å². The van der Waals surface area contributed by atoms with E-state index in [9.17, 15) is 4.79 Å². The fourth-order valence-corrected chi connectivity index (χ4v) is 3.30. The van der Waals surface area contributed by atoms with Gasteiger partial charge in [-0.3, -0.25) is 0 Å². The van der Waals surface area contributed by atoms with Crippen LogP contribution in [0, 0.1) is 22.4 Å². The molecule has 1 heterocycles. The Morgan fingerprint density at radius 2 is 1.84 bits per heavy atom. The Hall–Kier alpha value is -1.23. The maximum atomic E-state index is 11.7. The van der Waals surface area contributed by atoms with E-state index in [1.165, 1.54) is 7.11 Å². The van der Waals surface area contributed by atoms with Gasteiger partial charge in [0, 0.05) is 11.6 Å². The molecule has 1 aromatic heterocycles. The Morgan fingerprint density at radius 3 is 2.21 bits per heavy atom. The standard InChI is InChI=1S/C14H20N2O2S/c1-7-8(12(17)18-6)11(19)16-10(15-7)9-13(2,3)14(9,4)5/h9H,1-6H3,(H,15,16,19). The number of nitrogens with zero attached hydrogens (tertiary/aromatic N) is 1. The number of carbonyl (C=O) groups is 1. The number of esters is 1.